The first kappa shape index (κ1) is 16.4. The van der Waals surface area contributed by atoms with Gasteiger partial charge < -0.3 is 9.47 Å². The molecule has 0 spiro atoms. The van der Waals surface area contributed by atoms with Crippen LogP contribution in [0.2, 0.25) is 0 Å². The van der Waals surface area contributed by atoms with Crippen molar-refractivity contribution in [2.75, 3.05) is 6.61 Å². The monoisotopic (exact) mass is 306 g/mol. The molecular formula is C8H13Cl3N2O4. The van der Waals surface area contributed by atoms with Gasteiger partial charge in [0, 0.05) is 0 Å². The lowest BCUT2D eigenvalue weighted by molar-refractivity contribution is 0.0486. The van der Waals surface area contributed by atoms with Crippen LogP contribution in [0.5, 0.6) is 0 Å². The molecule has 0 aliphatic carbocycles. The summed E-state index contributed by atoms with van der Waals surface area (Å²) in [6.45, 7) is 4.58. The Morgan fingerprint density at radius 1 is 1.06 bits per heavy atom. The molecule has 0 aromatic rings. The molecule has 100 valence electrons. The Morgan fingerprint density at radius 3 is 1.94 bits per heavy atom. The van der Waals surface area contributed by atoms with E-state index in [-0.39, 0.29) is 0 Å². The maximum atomic E-state index is 11.1. The first-order chi connectivity index (χ1) is 7.49. The average molecular weight is 308 g/mol. The van der Waals surface area contributed by atoms with E-state index in [0.29, 0.717) is 0 Å². The van der Waals surface area contributed by atoms with E-state index in [0.717, 1.165) is 0 Å². The van der Waals surface area contributed by atoms with Gasteiger partial charge in [-0.25, -0.2) is 20.4 Å². The SMILES string of the molecule is CC(C)(C)OC(=O)NNC(=O)OCC(Cl)(Cl)Cl. The van der Waals surface area contributed by atoms with Crippen LogP contribution in [0.15, 0.2) is 0 Å². The summed E-state index contributed by atoms with van der Waals surface area (Å²) in [5.41, 5.74) is 3.20. The highest BCUT2D eigenvalue weighted by molar-refractivity contribution is 6.67. The summed E-state index contributed by atoms with van der Waals surface area (Å²) in [4.78, 5) is 22.1. The largest absolute Gasteiger partial charge is 0.444 e. The summed E-state index contributed by atoms with van der Waals surface area (Å²) >= 11 is 16.0. The number of ether oxygens (including phenoxy) is 2. The quantitative estimate of drug-likeness (QED) is 0.576. The number of hydrazine groups is 1. The molecule has 0 aliphatic rings. The number of hydrogen-bond acceptors (Lipinski definition) is 4. The summed E-state index contributed by atoms with van der Waals surface area (Å²) < 4.78 is 7.60. The zero-order chi connectivity index (χ0) is 13.7. The second-order valence-electron chi connectivity index (χ2n) is 3.94. The predicted octanol–water partition coefficient (Wildman–Crippen LogP) is 2.52. The van der Waals surface area contributed by atoms with Crippen LogP contribution in [0.3, 0.4) is 0 Å². The maximum absolute atomic E-state index is 11.1. The van der Waals surface area contributed by atoms with Gasteiger partial charge in [-0.15, -0.1) is 0 Å². The molecule has 9 heteroatoms. The molecule has 0 aromatic heterocycles. The van der Waals surface area contributed by atoms with Crippen LogP contribution in [0, 0.1) is 0 Å². The van der Waals surface area contributed by atoms with Crippen molar-refractivity contribution in [2.45, 2.75) is 30.2 Å². The van der Waals surface area contributed by atoms with Crippen molar-refractivity contribution < 1.29 is 19.1 Å². The van der Waals surface area contributed by atoms with Gasteiger partial charge in [0.05, 0.1) is 0 Å². The van der Waals surface area contributed by atoms with Crippen molar-refractivity contribution in [1.82, 2.24) is 10.9 Å². The van der Waals surface area contributed by atoms with E-state index in [2.05, 4.69) is 4.74 Å². The molecule has 0 saturated heterocycles. The number of halogens is 3. The number of rotatable bonds is 1. The molecule has 0 radical (unpaired) electrons. The number of carbonyl (C=O) groups excluding carboxylic acids is 2. The number of alkyl halides is 3. The number of amides is 2. The summed E-state index contributed by atoms with van der Waals surface area (Å²) in [7, 11) is 0. The van der Waals surface area contributed by atoms with Gasteiger partial charge in [-0.1, -0.05) is 34.8 Å². The minimum Gasteiger partial charge on any atom is -0.444 e. The van der Waals surface area contributed by atoms with Gasteiger partial charge in [0.25, 0.3) is 0 Å². The van der Waals surface area contributed by atoms with E-state index in [4.69, 9.17) is 39.5 Å². The smallest absolute Gasteiger partial charge is 0.426 e. The van der Waals surface area contributed by atoms with Crippen molar-refractivity contribution in [3.8, 4) is 0 Å². The van der Waals surface area contributed by atoms with Crippen LogP contribution in [-0.2, 0) is 9.47 Å². The Hall–Kier alpha value is -0.590. The van der Waals surface area contributed by atoms with Gasteiger partial charge in [0.15, 0.2) is 0 Å². The number of carbonyl (C=O) groups is 2. The van der Waals surface area contributed by atoms with Crippen LogP contribution in [0.1, 0.15) is 20.8 Å². The molecule has 0 aliphatic heterocycles. The fraction of sp³-hybridized carbons (Fsp3) is 0.750. The maximum Gasteiger partial charge on any atom is 0.426 e. The standard InChI is InChI=1S/C8H13Cl3N2O4/c1-7(2,3)17-6(15)13-12-5(14)16-4-8(9,10)11/h4H2,1-3H3,(H,12,14)(H,13,15). The Bertz CT molecular complexity index is 285. The summed E-state index contributed by atoms with van der Waals surface area (Å²) in [6.07, 6.45) is -1.80. The molecule has 0 atom stereocenters. The third kappa shape index (κ3) is 11.7. The summed E-state index contributed by atoms with van der Waals surface area (Å²) in [5.74, 6) is 0. The predicted molar refractivity (Wildman–Crippen MR) is 64.1 cm³/mol. The van der Waals surface area contributed by atoms with E-state index in [1.165, 1.54) is 0 Å². The Labute approximate surface area is 114 Å². The third-order valence-corrected chi connectivity index (χ3v) is 1.36. The zero-order valence-corrected chi connectivity index (χ0v) is 11.7. The molecule has 6 nitrogen and oxygen atoms in total. The fourth-order valence-electron chi connectivity index (χ4n) is 0.589. The molecule has 0 saturated carbocycles. The molecule has 0 unspecified atom stereocenters. The molecule has 2 amide bonds. The molecule has 0 aromatic carbocycles. The molecule has 0 rings (SSSR count). The first-order valence-corrected chi connectivity index (χ1v) is 5.61. The second-order valence-corrected chi connectivity index (χ2v) is 6.46. The molecular weight excluding hydrogens is 294 g/mol. The Morgan fingerprint density at radius 2 is 1.53 bits per heavy atom. The number of nitrogens with one attached hydrogen (secondary N) is 2. The minimum absolute atomic E-state index is 0.445. The van der Waals surface area contributed by atoms with Crippen molar-refractivity contribution in [3.63, 3.8) is 0 Å². The highest BCUT2D eigenvalue weighted by Gasteiger charge is 2.22. The lowest BCUT2D eigenvalue weighted by Crippen LogP contribution is -2.45. The van der Waals surface area contributed by atoms with Crippen LogP contribution in [0.4, 0.5) is 9.59 Å². The highest BCUT2D eigenvalue weighted by Crippen LogP contribution is 2.25. The molecule has 17 heavy (non-hydrogen) atoms. The highest BCUT2D eigenvalue weighted by atomic mass is 35.6. The van der Waals surface area contributed by atoms with E-state index in [1.807, 2.05) is 10.9 Å². The van der Waals surface area contributed by atoms with Gasteiger partial charge in [0.2, 0.25) is 3.79 Å². The van der Waals surface area contributed by atoms with E-state index >= 15 is 0 Å². The van der Waals surface area contributed by atoms with Gasteiger partial charge in [-0.2, -0.15) is 0 Å². The zero-order valence-electron chi connectivity index (χ0n) is 9.47. The summed E-state index contributed by atoms with van der Waals surface area (Å²) in [5, 5.41) is 0. The van der Waals surface area contributed by atoms with E-state index < -0.39 is 28.2 Å². The molecule has 2 N–H and O–H groups in total. The van der Waals surface area contributed by atoms with Crippen molar-refractivity contribution >= 4 is 47.0 Å². The lowest BCUT2D eigenvalue weighted by atomic mass is 10.2. The van der Waals surface area contributed by atoms with Gasteiger partial charge in [-0.05, 0) is 20.8 Å². The van der Waals surface area contributed by atoms with Gasteiger partial charge >= 0.3 is 12.2 Å². The third-order valence-electron chi connectivity index (χ3n) is 1.03. The van der Waals surface area contributed by atoms with Crippen molar-refractivity contribution in [1.29, 1.82) is 0 Å². The van der Waals surface area contributed by atoms with Crippen LogP contribution < -0.4 is 10.9 Å². The molecule has 0 heterocycles. The number of hydrogen-bond donors (Lipinski definition) is 2. The first-order valence-electron chi connectivity index (χ1n) is 4.48. The van der Waals surface area contributed by atoms with E-state index in [1.54, 1.807) is 20.8 Å². The van der Waals surface area contributed by atoms with Crippen molar-refractivity contribution in [2.24, 2.45) is 0 Å². The topological polar surface area (TPSA) is 76.7 Å². The second kappa shape index (κ2) is 6.37. The minimum atomic E-state index is -1.71. The van der Waals surface area contributed by atoms with Crippen molar-refractivity contribution in [3.05, 3.63) is 0 Å². The fourth-order valence-corrected chi connectivity index (χ4v) is 0.753. The van der Waals surface area contributed by atoms with E-state index in [9.17, 15) is 9.59 Å². The Kier molecular flexibility index (Phi) is 6.15. The lowest BCUT2D eigenvalue weighted by Gasteiger charge is -2.19. The van der Waals surface area contributed by atoms with Crippen LogP contribution in [0.25, 0.3) is 0 Å². The summed E-state index contributed by atoms with van der Waals surface area (Å²) in [6, 6.07) is 0. The average Bonchev–Trinajstić information content (AvgIpc) is 2.07. The van der Waals surface area contributed by atoms with Gasteiger partial charge in [-0.3, -0.25) is 0 Å². The molecule has 0 bridgehead atoms. The van der Waals surface area contributed by atoms with Crippen LogP contribution >= 0.6 is 34.8 Å². The van der Waals surface area contributed by atoms with Gasteiger partial charge in [0.1, 0.15) is 12.2 Å². The van der Waals surface area contributed by atoms with Crippen LogP contribution in [-0.4, -0.2) is 28.2 Å². The normalized spacial score (nSPS) is 11.6. The Balaban J connectivity index is 3.82. The molecule has 0 fully saturated rings.